The van der Waals surface area contributed by atoms with Crippen LogP contribution in [0.2, 0.25) is 0 Å². The Morgan fingerprint density at radius 2 is 1.94 bits per heavy atom. The van der Waals surface area contributed by atoms with E-state index in [-0.39, 0.29) is 56.8 Å². The van der Waals surface area contributed by atoms with Gasteiger partial charge in [0.1, 0.15) is 12.1 Å². The van der Waals surface area contributed by atoms with E-state index in [4.69, 9.17) is 5.73 Å². The first-order chi connectivity index (χ1) is 14.7. The third kappa shape index (κ3) is 4.31. The number of amides is 3. The standard InChI is InChI=1S/C21H25F3N4O3/c22-21(23,24)16(8-9-25)27(14-4-5-14)10-12-2-1-3-13-11-28(20(31)18(12)13)15-6-7-17(29)26-19(15)30/h1-3,14-16H,4-11,25H2,(H,26,29,30). The molecular formula is C21H25F3N4O3. The van der Waals surface area contributed by atoms with Gasteiger partial charge in [0.05, 0.1) is 0 Å². The molecule has 1 aromatic rings. The van der Waals surface area contributed by atoms with Gasteiger partial charge < -0.3 is 10.6 Å². The molecule has 0 radical (unpaired) electrons. The van der Waals surface area contributed by atoms with Gasteiger partial charge in [-0.2, -0.15) is 13.2 Å². The fourth-order valence-corrected chi connectivity index (χ4v) is 4.59. The highest BCUT2D eigenvalue weighted by atomic mass is 19.4. The van der Waals surface area contributed by atoms with Crippen LogP contribution < -0.4 is 11.1 Å². The summed E-state index contributed by atoms with van der Waals surface area (Å²) in [6, 6.07) is 2.55. The van der Waals surface area contributed by atoms with Crippen molar-refractivity contribution in [2.24, 2.45) is 5.73 Å². The summed E-state index contributed by atoms with van der Waals surface area (Å²) < 4.78 is 41.2. The topological polar surface area (TPSA) is 95.7 Å². The van der Waals surface area contributed by atoms with Gasteiger partial charge in [0, 0.05) is 31.1 Å². The first-order valence-electron chi connectivity index (χ1n) is 10.5. The van der Waals surface area contributed by atoms with Gasteiger partial charge in [-0.1, -0.05) is 18.2 Å². The predicted octanol–water partition coefficient (Wildman–Crippen LogP) is 1.69. The lowest BCUT2D eigenvalue weighted by atomic mass is 10.0. The highest BCUT2D eigenvalue weighted by molar-refractivity contribution is 6.06. The van der Waals surface area contributed by atoms with Crippen LogP contribution >= 0.6 is 0 Å². The van der Waals surface area contributed by atoms with Crippen molar-refractivity contribution in [1.82, 2.24) is 15.1 Å². The molecule has 0 spiro atoms. The first-order valence-corrected chi connectivity index (χ1v) is 10.5. The number of halogens is 3. The van der Waals surface area contributed by atoms with E-state index in [1.807, 2.05) is 0 Å². The molecule has 4 rings (SSSR count). The van der Waals surface area contributed by atoms with Gasteiger partial charge in [-0.25, -0.2) is 0 Å². The minimum Gasteiger partial charge on any atom is -0.330 e. The molecule has 7 nitrogen and oxygen atoms in total. The minimum absolute atomic E-state index is 0.00700. The van der Waals surface area contributed by atoms with Gasteiger partial charge in [-0.3, -0.25) is 24.6 Å². The highest BCUT2D eigenvalue weighted by Gasteiger charge is 2.48. The number of carbonyl (C=O) groups is 3. The summed E-state index contributed by atoms with van der Waals surface area (Å²) in [5.74, 6) is -1.26. The van der Waals surface area contributed by atoms with Crippen molar-refractivity contribution in [1.29, 1.82) is 0 Å². The third-order valence-electron chi connectivity index (χ3n) is 6.23. The van der Waals surface area contributed by atoms with E-state index in [9.17, 15) is 27.6 Å². The van der Waals surface area contributed by atoms with E-state index in [0.717, 1.165) is 0 Å². The number of imide groups is 1. The number of rotatable bonds is 7. The lowest BCUT2D eigenvalue weighted by Gasteiger charge is -2.33. The Morgan fingerprint density at radius 3 is 2.55 bits per heavy atom. The number of hydrogen-bond acceptors (Lipinski definition) is 5. The van der Waals surface area contributed by atoms with Crippen molar-refractivity contribution < 1.29 is 27.6 Å². The molecule has 1 saturated carbocycles. The fourth-order valence-electron chi connectivity index (χ4n) is 4.59. The van der Waals surface area contributed by atoms with Crippen LogP contribution in [0.25, 0.3) is 0 Å². The number of piperidine rings is 1. The van der Waals surface area contributed by atoms with E-state index >= 15 is 0 Å². The maximum absolute atomic E-state index is 13.7. The van der Waals surface area contributed by atoms with Crippen molar-refractivity contribution >= 4 is 17.7 Å². The highest BCUT2D eigenvalue weighted by Crippen LogP contribution is 2.38. The van der Waals surface area contributed by atoms with Crippen LogP contribution in [0.3, 0.4) is 0 Å². The summed E-state index contributed by atoms with van der Waals surface area (Å²) in [5, 5.41) is 2.25. The molecule has 10 heteroatoms. The zero-order valence-electron chi connectivity index (χ0n) is 17.0. The normalized spacial score (nSPS) is 22.7. The van der Waals surface area contributed by atoms with Crippen LogP contribution in [0.15, 0.2) is 18.2 Å². The number of nitrogens with one attached hydrogen (secondary N) is 1. The average molecular weight is 438 g/mol. The summed E-state index contributed by atoms with van der Waals surface area (Å²) in [6.07, 6.45) is -2.87. The lowest BCUT2D eigenvalue weighted by molar-refractivity contribution is -0.188. The number of fused-ring (bicyclic) bond motifs is 1. The molecule has 2 fully saturated rings. The third-order valence-corrected chi connectivity index (χ3v) is 6.23. The fraction of sp³-hybridized carbons (Fsp3) is 0.571. The van der Waals surface area contributed by atoms with Crippen molar-refractivity contribution in [3.05, 3.63) is 34.9 Å². The molecule has 31 heavy (non-hydrogen) atoms. The van der Waals surface area contributed by atoms with Crippen molar-refractivity contribution in [2.75, 3.05) is 6.54 Å². The van der Waals surface area contributed by atoms with E-state index in [1.54, 1.807) is 18.2 Å². The van der Waals surface area contributed by atoms with Crippen molar-refractivity contribution in [3.63, 3.8) is 0 Å². The number of benzene rings is 1. The molecule has 0 bridgehead atoms. The van der Waals surface area contributed by atoms with Gasteiger partial charge in [0.15, 0.2) is 0 Å². The molecule has 168 valence electrons. The molecule has 3 N–H and O–H groups in total. The van der Waals surface area contributed by atoms with E-state index in [2.05, 4.69) is 5.32 Å². The number of hydrogen-bond donors (Lipinski definition) is 2. The zero-order valence-corrected chi connectivity index (χ0v) is 17.0. The van der Waals surface area contributed by atoms with Crippen LogP contribution in [0.1, 0.15) is 53.6 Å². The van der Waals surface area contributed by atoms with E-state index < -0.39 is 24.2 Å². The molecule has 3 aliphatic rings. The summed E-state index contributed by atoms with van der Waals surface area (Å²) in [7, 11) is 0. The Hall–Kier alpha value is -2.46. The Labute approximate surface area is 177 Å². The van der Waals surface area contributed by atoms with Crippen LogP contribution in [-0.2, 0) is 22.7 Å². The van der Waals surface area contributed by atoms with Crippen LogP contribution in [0.4, 0.5) is 13.2 Å². The smallest absolute Gasteiger partial charge is 0.330 e. The van der Waals surface area contributed by atoms with Gasteiger partial charge >= 0.3 is 6.18 Å². The second-order valence-electron chi connectivity index (χ2n) is 8.39. The second kappa shape index (κ2) is 8.23. The molecule has 2 atom stereocenters. The first kappa shape index (κ1) is 21.8. The number of nitrogens with zero attached hydrogens (tertiary/aromatic N) is 2. The predicted molar refractivity (Wildman–Crippen MR) is 105 cm³/mol. The Balaban J connectivity index is 1.60. The Bertz CT molecular complexity index is 900. The van der Waals surface area contributed by atoms with Gasteiger partial charge in [0.2, 0.25) is 11.8 Å². The van der Waals surface area contributed by atoms with Gasteiger partial charge in [-0.05, 0) is 43.4 Å². The maximum Gasteiger partial charge on any atom is 0.404 e. The summed E-state index contributed by atoms with van der Waals surface area (Å²) in [5.41, 5.74) is 7.04. The lowest BCUT2D eigenvalue weighted by Crippen LogP contribution is -2.52. The van der Waals surface area contributed by atoms with Crippen molar-refractivity contribution in [2.45, 2.75) is 69.5 Å². The molecular weight excluding hydrogens is 413 g/mol. The monoisotopic (exact) mass is 438 g/mol. The largest absolute Gasteiger partial charge is 0.404 e. The SMILES string of the molecule is NCCC(N(Cc1cccc2c1C(=O)N(C1CCC(=O)NC1=O)C2)C1CC1)C(F)(F)F. The molecule has 1 saturated heterocycles. The Kier molecular flexibility index (Phi) is 5.78. The van der Waals surface area contributed by atoms with Gasteiger partial charge in [0.25, 0.3) is 5.91 Å². The maximum atomic E-state index is 13.7. The molecule has 2 heterocycles. The van der Waals surface area contributed by atoms with Gasteiger partial charge in [-0.15, -0.1) is 0 Å². The minimum atomic E-state index is -4.41. The zero-order chi connectivity index (χ0) is 22.3. The van der Waals surface area contributed by atoms with E-state index in [1.165, 1.54) is 9.80 Å². The quantitative estimate of drug-likeness (QED) is 0.632. The molecule has 1 aliphatic carbocycles. The number of carbonyl (C=O) groups excluding carboxylic acids is 3. The van der Waals surface area contributed by atoms with Crippen molar-refractivity contribution in [3.8, 4) is 0 Å². The van der Waals surface area contributed by atoms with Crippen LogP contribution in [0, 0.1) is 0 Å². The van der Waals surface area contributed by atoms with E-state index in [0.29, 0.717) is 29.5 Å². The Morgan fingerprint density at radius 1 is 1.19 bits per heavy atom. The number of nitrogens with two attached hydrogens (primary N) is 1. The summed E-state index contributed by atoms with van der Waals surface area (Å²) >= 11 is 0. The molecule has 2 unspecified atom stereocenters. The molecule has 3 amide bonds. The molecule has 2 aliphatic heterocycles. The van der Waals surface area contributed by atoms with Crippen LogP contribution in [0.5, 0.6) is 0 Å². The molecule has 0 aromatic heterocycles. The van der Waals surface area contributed by atoms with Crippen LogP contribution in [-0.4, -0.2) is 58.4 Å². The summed E-state index contributed by atoms with van der Waals surface area (Å²) in [6.45, 7) is 0.110. The average Bonchev–Trinajstić information content (AvgIpc) is 3.48. The molecule has 1 aromatic carbocycles. The second-order valence-corrected chi connectivity index (χ2v) is 8.39. The summed E-state index contributed by atoms with van der Waals surface area (Å²) in [4.78, 5) is 39.7. The number of alkyl halides is 3.